The lowest BCUT2D eigenvalue weighted by molar-refractivity contribution is -0.135. The first-order valence-corrected chi connectivity index (χ1v) is 7.62. The minimum Gasteiger partial charge on any atom is -0.367 e. The van der Waals surface area contributed by atoms with Gasteiger partial charge in [-0.15, -0.1) is 0 Å². The van der Waals surface area contributed by atoms with E-state index in [1.165, 1.54) is 5.56 Å². The van der Waals surface area contributed by atoms with E-state index in [2.05, 4.69) is 31.2 Å². The number of carbonyl (C=O) groups excluding carboxylic acids is 1. The van der Waals surface area contributed by atoms with Crippen LogP contribution in [0.4, 0.5) is 0 Å². The monoisotopic (exact) mass is 297 g/mol. The van der Waals surface area contributed by atoms with Crippen molar-refractivity contribution in [2.24, 2.45) is 0 Å². The van der Waals surface area contributed by atoms with E-state index < -0.39 is 0 Å². The molecule has 0 aliphatic heterocycles. The van der Waals surface area contributed by atoms with Crippen molar-refractivity contribution < 1.29 is 9.53 Å². The summed E-state index contributed by atoms with van der Waals surface area (Å²) >= 11 is 0. The number of rotatable bonds is 7. The highest BCUT2D eigenvalue weighted by Gasteiger charge is 2.09. The Morgan fingerprint density at radius 1 is 0.955 bits per heavy atom. The van der Waals surface area contributed by atoms with Crippen molar-refractivity contribution in [3.63, 3.8) is 0 Å². The van der Waals surface area contributed by atoms with Crippen molar-refractivity contribution >= 4 is 5.91 Å². The van der Waals surface area contributed by atoms with Gasteiger partial charge in [0.25, 0.3) is 0 Å². The topological polar surface area (TPSA) is 29.5 Å². The number of carbonyl (C=O) groups is 1. The van der Waals surface area contributed by atoms with E-state index in [-0.39, 0.29) is 12.5 Å². The van der Waals surface area contributed by atoms with Crippen molar-refractivity contribution in [1.82, 2.24) is 4.90 Å². The molecular weight excluding hydrogens is 274 g/mol. The average molecular weight is 297 g/mol. The van der Waals surface area contributed by atoms with Crippen molar-refractivity contribution in [1.29, 1.82) is 0 Å². The number of nitrogens with zero attached hydrogens (tertiary/aromatic N) is 1. The summed E-state index contributed by atoms with van der Waals surface area (Å²) in [6.45, 7) is 3.32. The van der Waals surface area contributed by atoms with Crippen LogP contribution in [0.2, 0.25) is 0 Å². The van der Waals surface area contributed by atoms with Gasteiger partial charge in [0.15, 0.2) is 0 Å². The zero-order valence-electron chi connectivity index (χ0n) is 13.3. The van der Waals surface area contributed by atoms with Gasteiger partial charge in [-0.05, 0) is 23.1 Å². The van der Waals surface area contributed by atoms with E-state index in [4.69, 9.17) is 4.74 Å². The van der Waals surface area contributed by atoms with Gasteiger partial charge in [-0.3, -0.25) is 4.79 Å². The fourth-order valence-corrected chi connectivity index (χ4v) is 2.18. The van der Waals surface area contributed by atoms with Crippen LogP contribution in [0.1, 0.15) is 23.6 Å². The van der Waals surface area contributed by atoms with Crippen LogP contribution in [0.3, 0.4) is 0 Å². The van der Waals surface area contributed by atoms with Gasteiger partial charge < -0.3 is 9.64 Å². The van der Waals surface area contributed by atoms with E-state index in [1.54, 1.807) is 4.90 Å². The second kappa shape index (κ2) is 8.35. The maximum absolute atomic E-state index is 12.1. The molecule has 3 nitrogen and oxygen atoms in total. The molecule has 2 aromatic carbocycles. The Morgan fingerprint density at radius 2 is 1.59 bits per heavy atom. The summed E-state index contributed by atoms with van der Waals surface area (Å²) < 4.78 is 5.49. The molecule has 3 heteroatoms. The lowest BCUT2D eigenvalue weighted by atomic mass is 10.1. The summed E-state index contributed by atoms with van der Waals surface area (Å²) in [7, 11) is 1.81. The molecule has 116 valence electrons. The largest absolute Gasteiger partial charge is 0.367 e. The number of ether oxygens (including phenoxy) is 1. The van der Waals surface area contributed by atoms with E-state index >= 15 is 0 Å². The minimum absolute atomic E-state index is 0.00417. The summed E-state index contributed by atoms with van der Waals surface area (Å²) in [5.41, 5.74) is 3.52. The highest BCUT2D eigenvalue weighted by Crippen LogP contribution is 2.08. The molecule has 0 saturated carbocycles. The Hall–Kier alpha value is -2.13. The fourth-order valence-electron chi connectivity index (χ4n) is 2.18. The molecule has 0 radical (unpaired) electrons. The second-order valence-corrected chi connectivity index (χ2v) is 5.40. The van der Waals surface area contributed by atoms with E-state index in [0.29, 0.717) is 13.2 Å². The molecule has 0 aliphatic rings. The zero-order chi connectivity index (χ0) is 15.8. The molecule has 0 saturated heterocycles. The van der Waals surface area contributed by atoms with Crippen LogP contribution in [-0.2, 0) is 29.1 Å². The Balaban J connectivity index is 1.76. The first-order valence-electron chi connectivity index (χ1n) is 7.62. The molecular formula is C19H23NO2. The van der Waals surface area contributed by atoms with Crippen molar-refractivity contribution in [2.75, 3.05) is 13.7 Å². The molecule has 1 amide bonds. The van der Waals surface area contributed by atoms with Crippen LogP contribution in [0.25, 0.3) is 0 Å². The average Bonchev–Trinajstić information content (AvgIpc) is 2.56. The summed E-state index contributed by atoms with van der Waals surface area (Å²) in [6.07, 6.45) is 1.03. The van der Waals surface area contributed by atoms with E-state index in [0.717, 1.165) is 17.5 Å². The van der Waals surface area contributed by atoms with Crippen LogP contribution in [-0.4, -0.2) is 24.5 Å². The predicted octanol–water partition coefficient (Wildman–Crippen LogP) is 3.42. The Labute approximate surface area is 132 Å². The van der Waals surface area contributed by atoms with Crippen molar-refractivity contribution in [2.45, 2.75) is 26.5 Å². The third kappa shape index (κ3) is 5.01. The molecule has 0 atom stereocenters. The predicted molar refractivity (Wildman–Crippen MR) is 88.4 cm³/mol. The van der Waals surface area contributed by atoms with Crippen LogP contribution in [0, 0.1) is 0 Å². The molecule has 0 aliphatic carbocycles. The number of benzene rings is 2. The lowest BCUT2D eigenvalue weighted by Crippen LogP contribution is -2.29. The number of hydrogen-bond acceptors (Lipinski definition) is 2. The van der Waals surface area contributed by atoms with Crippen LogP contribution >= 0.6 is 0 Å². The minimum atomic E-state index is -0.00417. The summed E-state index contributed by atoms with van der Waals surface area (Å²) in [6, 6.07) is 18.2. The summed E-state index contributed by atoms with van der Waals surface area (Å²) in [5.74, 6) is -0.00417. The number of amides is 1. The molecule has 2 aromatic rings. The normalized spacial score (nSPS) is 10.5. The molecule has 0 unspecified atom stereocenters. The highest BCUT2D eigenvalue weighted by molar-refractivity contribution is 5.77. The standard InChI is InChI=1S/C19H23NO2/c1-3-16-9-11-17(12-10-16)13-20(2)19(21)15-22-14-18-7-5-4-6-8-18/h4-12H,3,13-15H2,1-2H3. The van der Waals surface area contributed by atoms with Gasteiger partial charge in [-0.25, -0.2) is 0 Å². The van der Waals surface area contributed by atoms with Crippen LogP contribution in [0.15, 0.2) is 54.6 Å². The molecule has 0 fully saturated rings. The van der Waals surface area contributed by atoms with Crippen molar-refractivity contribution in [3.05, 3.63) is 71.3 Å². The fraction of sp³-hybridized carbons (Fsp3) is 0.316. The maximum atomic E-state index is 12.1. The number of likely N-dealkylation sites (N-methyl/N-ethyl adjacent to an activating group) is 1. The molecule has 0 heterocycles. The molecule has 0 N–H and O–H groups in total. The third-order valence-corrected chi connectivity index (χ3v) is 3.61. The van der Waals surface area contributed by atoms with Crippen LogP contribution < -0.4 is 0 Å². The van der Waals surface area contributed by atoms with Gasteiger partial charge in [0, 0.05) is 13.6 Å². The maximum Gasteiger partial charge on any atom is 0.248 e. The SMILES string of the molecule is CCc1ccc(CN(C)C(=O)COCc2ccccc2)cc1. The Morgan fingerprint density at radius 3 is 2.23 bits per heavy atom. The van der Waals surface area contributed by atoms with Gasteiger partial charge in [0.1, 0.15) is 6.61 Å². The van der Waals surface area contributed by atoms with Crippen molar-refractivity contribution in [3.8, 4) is 0 Å². The molecule has 0 bridgehead atoms. The first-order chi connectivity index (χ1) is 10.7. The molecule has 0 aromatic heterocycles. The zero-order valence-corrected chi connectivity index (χ0v) is 13.3. The third-order valence-electron chi connectivity index (χ3n) is 3.61. The van der Waals surface area contributed by atoms with E-state index in [1.807, 2.05) is 37.4 Å². The van der Waals surface area contributed by atoms with Gasteiger partial charge in [-0.2, -0.15) is 0 Å². The Bertz CT molecular complexity index is 578. The molecule has 22 heavy (non-hydrogen) atoms. The molecule has 0 spiro atoms. The van der Waals surface area contributed by atoms with Gasteiger partial charge in [0.05, 0.1) is 6.61 Å². The Kier molecular flexibility index (Phi) is 6.16. The summed E-state index contributed by atoms with van der Waals surface area (Å²) in [5, 5.41) is 0. The van der Waals surface area contributed by atoms with Gasteiger partial charge >= 0.3 is 0 Å². The van der Waals surface area contributed by atoms with E-state index in [9.17, 15) is 4.79 Å². The summed E-state index contributed by atoms with van der Waals surface area (Å²) in [4.78, 5) is 13.8. The number of hydrogen-bond donors (Lipinski definition) is 0. The van der Waals surface area contributed by atoms with Crippen LogP contribution in [0.5, 0.6) is 0 Å². The number of aryl methyl sites for hydroxylation is 1. The first kappa shape index (κ1) is 16.2. The smallest absolute Gasteiger partial charge is 0.248 e. The van der Waals surface area contributed by atoms with Gasteiger partial charge in [-0.1, -0.05) is 61.5 Å². The highest BCUT2D eigenvalue weighted by atomic mass is 16.5. The lowest BCUT2D eigenvalue weighted by Gasteiger charge is -2.17. The van der Waals surface area contributed by atoms with Gasteiger partial charge in [0.2, 0.25) is 5.91 Å². The second-order valence-electron chi connectivity index (χ2n) is 5.40. The quantitative estimate of drug-likeness (QED) is 0.783. The molecule has 2 rings (SSSR count).